The summed E-state index contributed by atoms with van der Waals surface area (Å²) in [4.78, 5) is 2.66. The summed E-state index contributed by atoms with van der Waals surface area (Å²) in [5.74, 6) is 0. The summed E-state index contributed by atoms with van der Waals surface area (Å²) in [5, 5.41) is 13.1. The van der Waals surface area contributed by atoms with Gasteiger partial charge >= 0.3 is 0 Å². The van der Waals surface area contributed by atoms with Gasteiger partial charge in [-0.2, -0.15) is 0 Å². The molecule has 7 aromatic carbocycles. The minimum absolute atomic E-state index is 1.29. The maximum absolute atomic E-state index is 2.44. The fraction of sp³-hybridized carbons (Fsp3) is 0. The summed E-state index contributed by atoms with van der Waals surface area (Å²) in [6, 6.07) is 49.3. The van der Waals surface area contributed by atoms with Crippen molar-refractivity contribution in [3.05, 3.63) is 133 Å². The largest absolute Gasteiger partial charge is 0.135 e. The SMILES string of the molecule is c1ccc2c(-c3cc4c(ccc5sc(-c6c7ccccc7cc7ccccc67)cc54)s3)c3ccccc3cc2c1. The van der Waals surface area contributed by atoms with Gasteiger partial charge in [0.2, 0.25) is 0 Å². The molecule has 0 nitrogen and oxygen atoms in total. The Balaban J connectivity index is 1.33. The quantitative estimate of drug-likeness (QED) is 0.191. The van der Waals surface area contributed by atoms with E-state index in [1.165, 1.54) is 84.1 Å². The Morgan fingerprint density at radius 2 is 0.625 bits per heavy atom. The maximum atomic E-state index is 2.44. The van der Waals surface area contributed by atoms with Crippen molar-refractivity contribution in [3.8, 4) is 20.9 Å². The van der Waals surface area contributed by atoms with Crippen molar-refractivity contribution in [1.29, 1.82) is 0 Å². The first-order chi connectivity index (χ1) is 19.8. The van der Waals surface area contributed by atoms with Crippen LogP contribution in [0.5, 0.6) is 0 Å². The minimum Gasteiger partial charge on any atom is -0.135 e. The third-order valence-corrected chi connectivity index (χ3v) is 10.5. The van der Waals surface area contributed by atoms with Crippen LogP contribution >= 0.6 is 22.7 Å². The third-order valence-electron chi connectivity index (χ3n) is 8.23. The molecule has 0 aliphatic carbocycles. The molecule has 0 saturated carbocycles. The van der Waals surface area contributed by atoms with Crippen LogP contribution in [0.2, 0.25) is 0 Å². The van der Waals surface area contributed by atoms with Gasteiger partial charge in [0.15, 0.2) is 0 Å². The predicted octanol–water partition coefficient (Wildman–Crippen LogP) is 12.1. The number of hydrogen-bond acceptors (Lipinski definition) is 2. The molecule has 0 fully saturated rings. The van der Waals surface area contributed by atoms with E-state index in [1.54, 1.807) is 0 Å². The van der Waals surface area contributed by atoms with Crippen molar-refractivity contribution in [2.45, 2.75) is 0 Å². The van der Waals surface area contributed by atoms with E-state index in [4.69, 9.17) is 0 Å². The van der Waals surface area contributed by atoms with Crippen LogP contribution in [-0.2, 0) is 0 Å². The topological polar surface area (TPSA) is 0 Å². The van der Waals surface area contributed by atoms with Crippen LogP contribution in [0.15, 0.2) is 133 Å². The van der Waals surface area contributed by atoms with Gasteiger partial charge in [0.05, 0.1) is 0 Å². The van der Waals surface area contributed by atoms with E-state index in [1.807, 2.05) is 22.7 Å². The zero-order valence-corrected chi connectivity index (χ0v) is 23.2. The monoisotopic (exact) mass is 542 g/mol. The van der Waals surface area contributed by atoms with E-state index in [2.05, 4.69) is 133 Å². The molecular formula is C38H22S2. The molecule has 0 N–H and O–H groups in total. The first kappa shape index (κ1) is 22.3. The number of thiophene rings is 2. The van der Waals surface area contributed by atoms with Gasteiger partial charge in [0, 0.05) is 41.1 Å². The summed E-state index contributed by atoms with van der Waals surface area (Å²) < 4.78 is 2.68. The second kappa shape index (κ2) is 8.50. The van der Waals surface area contributed by atoms with Gasteiger partial charge in [0.25, 0.3) is 0 Å². The minimum atomic E-state index is 1.29. The second-order valence-electron chi connectivity index (χ2n) is 10.5. The van der Waals surface area contributed by atoms with E-state index in [0.717, 1.165) is 0 Å². The van der Waals surface area contributed by atoms with Crippen molar-refractivity contribution >= 4 is 85.9 Å². The highest BCUT2D eigenvalue weighted by Gasteiger charge is 2.17. The standard InChI is InChI=1S/C38H22S2/c1-5-13-27-23(9-1)19-24-10-2-6-14-28(24)37(27)35-21-31-32-22-36(40-34(32)18-17-33(31)39-35)38-29-15-7-3-11-25(29)20-26-12-4-8-16-30(26)38/h1-22H. The van der Waals surface area contributed by atoms with Crippen molar-refractivity contribution in [2.75, 3.05) is 0 Å². The van der Waals surface area contributed by atoms with Crippen LogP contribution in [-0.4, -0.2) is 0 Å². The first-order valence-electron chi connectivity index (χ1n) is 13.6. The first-order valence-corrected chi connectivity index (χ1v) is 15.2. The summed E-state index contributed by atoms with van der Waals surface area (Å²) in [5.41, 5.74) is 2.69. The lowest BCUT2D eigenvalue weighted by molar-refractivity contribution is 1.76. The molecule has 2 aromatic heterocycles. The van der Waals surface area contributed by atoms with Crippen LogP contribution in [0.4, 0.5) is 0 Å². The summed E-state index contributed by atoms with van der Waals surface area (Å²) in [6.07, 6.45) is 0. The molecular weight excluding hydrogens is 521 g/mol. The van der Waals surface area contributed by atoms with Gasteiger partial charge in [-0.05, 0) is 79.5 Å². The molecule has 0 saturated heterocycles. The zero-order chi connectivity index (χ0) is 26.2. The number of benzene rings is 7. The van der Waals surface area contributed by atoms with Gasteiger partial charge in [-0.1, -0.05) is 97.1 Å². The Labute approximate surface area is 239 Å². The molecule has 0 unspecified atom stereocenters. The van der Waals surface area contributed by atoms with E-state index < -0.39 is 0 Å². The number of hydrogen-bond donors (Lipinski definition) is 0. The molecule has 0 aliphatic rings. The van der Waals surface area contributed by atoms with E-state index in [0.29, 0.717) is 0 Å². The normalized spacial score (nSPS) is 12.0. The Morgan fingerprint density at radius 3 is 0.975 bits per heavy atom. The van der Waals surface area contributed by atoms with Crippen molar-refractivity contribution in [2.24, 2.45) is 0 Å². The van der Waals surface area contributed by atoms with Crippen LogP contribution < -0.4 is 0 Å². The lowest BCUT2D eigenvalue weighted by Gasteiger charge is -2.10. The van der Waals surface area contributed by atoms with Crippen LogP contribution in [0.1, 0.15) is 0 Å². The van der Waals surface area contributed by atoms with Crippen molar-refractivity contribution in [3.63, 3.8) is 0 Å². The van der Waals surface area contributed by atoms with E-state index in [9.17, 15) is 0 Å². The Kier molecular flexibility index (Phi) is 4.74. The van der Waals surface area contributed by atoms with Gasteiger partial charge in [-0.15, -0.1) is 22.7 Å². The Morgan fingerprint density at radius 1 is 0.300 bits per heavy atom. The number of rotatable bonds is 2. The van der Waals surface area contributed by atoms with Crippen LogP contribution in [0.3, 0.4) is 0 Å². The molecule has 0 atom stereocenters. The highest BCUT2D eigenvalue weighted by Crippen LogP contribution is 2.47. The zero-order valence-electron chi connectivity index (χ0n) is 21.5. The third kappa shape index (κ3) is 3.24. The molecule has 2 heterocycles. The van der Waals surface area contributed by atoms with Crippen LogP contribution in [0.25, 0.3) is 84.1 Å². The summed E-state index contributed by atoms with van der Waals surface area (Å²) in [7, 11) is 0. The summed E-state index contributed by atoms with van der Waals surface area (Å²) >= 11 is 3.82. The number of fused-ring (bicyclic) bond motifs is 7. The second-order valence-corrected chi connectivity index (χ2v) is 12.7. The lowest BCUT2D eigenvalue weighted by Crippen LogP contribution is -1.83. The Bertz CT molecular complexity index is 2160. The fourth-order valence-corrected chi connectivity index (χ4v) is 8.74. The average molecular weight is 543 g/mol. The molecule has 0 spiro atoms. The average Bonchev–Trinajstić information content (AvgIpc) is 3.63. The van der Waals surface area contributed by atoms with Crippen molar-refractivity contribution < 1.29 is 0 Å². The summed E-state index contributed by atoms with van der Waals surface area (Å²) in [6.45, 7) is 0. The molecule has 0 amide bonds. The van der Waals surface area contributed by atoms with Gasteiger partial charge in [-0.3, -0.25) is 0 Å². The highest BCUT2D eigenvalue weighted by molar-refractivity contribution is 7.24. The molecule has 0 bridgehead atoms. The maximum Gasteiger partial charge on any atom is 0.0368 e. The van der Waals surface area contributed by atoms with E-state index in [-0.39, 0.29) is 0 Å². The predicted molar refractivity (Wildman–Crippen MR) is 178 cm³/mol. The lowest BCUT2D eigenvalue weighted by atomic mass is 9.95. The molecule has 9 rings (SSSR count). The van der Waals surface area contributed by atoms with Crippen molar-refractivity contribution in [1.82, 2.24) is 0 Å². The molecule has 9 aromatic rings. The van der Waals surface area contributed by atoms with E-state index >= 15 is 0 Å². The van der Waals surface area contributed by atoms with Crippen LogP contribution in [0, 0.1) is 0 Å². The van der Waals surface area contributed by atoms with Gasteiger partial charge < -0.3 is 0 Å². The molecule has 40 heavy (non-hydrogen) atoms. The molecule has 2 heteroatoms. The smallest absolute Gasteiger partial charge is 0.0368 e. The van der Waals surface area contributed by atoms with Gasteiger partial charge in [-0.25, -0.2) is 0 Å². The highest BCUT2D eigenvalue weighted by atomic mass is 32.1. The Hall–Kier alpha value is -4.50. The molecule has 0 radical (unpaired) electrons. The molecule has 186 valence electrons. The molecule has 0 aliphatic heterocycles. The fourth-order valence-electron chi connectivity index (χ4n) is 6.43. The van der Waals surface area contributed by atoms with Gasteiger partial charge in [0.1, 0.15) is 0 Å².